The summed E-state index contributed by atoms with van der Waals surface area (Å²) in [6.07, 6.45) is 1.70. The van der Waals surface area contributed by atoms with Crippen molar-refractivity contribution in [3.8, 4) is 11.1 Å². The number of hydrogen-bond acceptors (Lipinski definition) is 4. The summed E-state index contributed by atoms with van der Waals surface area (Å²) in [4.78, 5) is 23.0. The second kappa shape index (κ2) is 5.46. The third-order valence-corrected chi connectivity index (χ3v) is 3.88. The molecule has 0 aromatic heterocycles. The second-order valence-electron chi connectivity index (χ2n) is 4.60. The SMILES string of the molecule is Nc1cccc(-c2ccc(/C=C3/SC(=O)NC3=O)cc2)c1. The van der Waals surface area contributed by atoms with Crippen molar-refractivity contribution in [2.75, 3.05) is 5.73 Å². The number of nitrogen functional groups attached to an aromatic ring is 1. The van der Waals surface area contributed by atoms with E-state index in [0.29, 0.717) is 4.91 Å². The lowest BCUT2D eigenvalue weighted by Gasteiger charge is -2.03. The van der Waals surface area contributed by atoms with Crippen molar-refractivity contribution < 1.29 is 9.59 Å². The molecule has 1 aliphatic heterocycles. The van der Waals surface area contributed by atoms with Crippen LogP contribution in [0.25, 0.3) is 17.2 Å². The molecule has 0 radical (unpaired) electrons. The van der Waals surface area contributed by atoms with Crippen molar-refractivity contribution in [3.63, 3.8) is 0 Å². The van der Waals surface area contributed by atoms with Crippen molar-refractivity contribution in [2.45, 2.75) is 0 Å². The van der Waals surface area contributed by atoms with Crippen LogP contribution in [0, 0.1) is 0 Å². The molecule has 0 saturated carbocycles. The zero-order chi connectivity index (χ0) is 14.8. The van der Waals surface area contributed by atoms with Crippen LogP contribution in [-0.2, 0) is 4.79 Å². The van der Waals surface area contributed by atoms with E-state index in [2.05, 4.69) is 5.32 Å². The molecule has 0 spiro atoms. The molecule has 1 aliphatic rings. The molecule has 2 amide bonds. The van der Waals surface area contributed by atoms with E-state index in [1.807, 2.05) is 48.5 Å². The summed E-state index contributed by atoms with van der Waals surface area (Å²) < 4.78 is 0. The summed E-state index contributed by atoms with van der Waals surface area (Å²) in [6, 6.07) is 15.4. The van der Waals surface area contributed by atoms with Crippen molar-refractivity contribution in [2.24, 2.45) is 0 Å². The Bertz CT molecular complexity index is 751. The normalized spacial score (nSPS) is 16.3. The summed E-state index contributed by atoms with van der Waals surface area (Å²) >= 11 is 0.916. The average molecular weight is 296 g/mol. The summed E-state index contributed by atoms with van der Waals surface area (Å²) in [5, 5.41) is 1.90. The lowest BCUT2D eigenvalue weighted by Crippen LogP contribution is -2.17. The topological polar surface area (TPSA) is 72.2 Å². The number of carbonyl (C=O) groups is 2. The number of thioether (sulfide) groups is 1. The van der Waals surface area contributed by atoms with Gasteiger partial charge in [-0.15, -0.1) is 0 Å². The maximum Gasteiger partial charge on any atom is 0.290 e. The average Bonchev–Trinajstić information content (AvgIpc) is 2.78. The fraction of sp³-hybridized carbons (Fsp3) is 0. The van der Waals surface area contributed by atoms with Gasteiger partial charge in [-0.3, -0.25) is 14.9 Å². The Hall–Kier alpha value is -2.53. The van der Waals surface area contributed by atoms with Crippen LogP contribution in [0.4, 0.5) is 10.5 Å². The molecular formula is C16H12N2O2S. The molecule has 0 unspecified atom stereocenters. The Kier molecular flexibility index (Phi) is 3.50. The number of hydrogen-bond donors (Lipinski definition) is 2. The van der Waals surface area contributed by atoms with Crippen LogP contribution in [0.2, 0.25) is 0 Å². The molecule has 21 heavy (non-hydrogen) atoms. The summed E-state index contributed by atoms with van der Waals surface area (Å²) in [5.41, 5.74) is 9.45. The minimum atomic E-state index is -0.343. The molecule has 104 valence electrons. The van der Waals surface area contributed by atoms with Crippen LogP contribution >= 0.6 is 11.8 Å². The van der Waals surface area contributed by atoms with Gasteiger partial charge in [0.2, 0.25) is 0 Å². The minimum absolute atomic E-state index is 0.331. The Labute approximate surface area is 126 Å². The smallest absolute Gasteiger partial charge is 0.290 e. The fourth-order valence-corrected chi connectivity index (χ4v) is 2.74. The van der Waals surface area contributed by atoms with E-state index in [9.17, 15) is 9.59 Å². The monoisotopic (exact) mass is 296 g/mol. The first-order valence-corrected chi connectivity index (χ1v) is 7.14. The Balaban J connectivity index is 1.86. The second-order valence-corrected chi connectivity index (χ2v) is 5.61. The molecule has 4 nitrogen and oxygen atoms in total. The third-order valence-electron chi connectivity index (χ3n) is 3.07. The van der Waals surface area contributed by atoms with Gasteiger partial charge in [0.1, 0.15) is 0 Å². The fourth-order valence-electron chi connectivity index (χ4n) is 2.06. The molecule has 2 aromatic rings. The molecule has 1 heterocycles. The molecule has 0 bridgehead atoms. The van der Waals surface area contributed by atoms with Gasteiger partial charge < -0.3 is 5.73 Å². The molecule has 0 aliphatic carbocycles. The Morgan fingerprint density at radius 2 is 1.76 bits per heavy atom. The lowest BCUT2D eigenvalue weighted by molar-refractivity contribution is -0.115. The molecule has 1 fully saturated rings. The van der Waals surface area contributed by atoms with Crippen molar-refractivity contribution in [1.29, 1.82) is 0 Å². The summed E-state index contributed by atoms with van der Waals surface area (Å²) in [7, 11) is 0. The van der Waals surface area contributed by atoms with Gasteiger partial charge in [0.15, 0.2) is 0 Å². The summed E-state index contributed by atoms with van der Waals surface area (Å²) in [5.74, 6) is -0.343. The van der Waals surface area contributed by atoms with Crippen molar-refractivity contribution >= 4 is 34.7 Å². The maximum atomic E-state index is 11.5. The van der Waals surface area contributed by atoms with Gasteiger partial charge in [-0.05, 0) is 46.7 Å². The highest BCUT2D eigenvalue weighted by atomic mass is 32.2. The van der Waals surface area contributed by atoms with Crippen molar-refractivity contribution in [3.05, 3.63) is 59.0 Å². The third kappa shape index (κ3) is 2.98. The van der Waals surface area contributed by atoms with Crippen LogP contribution in [0.1, 0.15) is 5.56 Å². The summed E-state index contributed by atoms with van der Waals surface area (Å²) in [6.45, 7) is 0. The Morgan fingerprint density at radius 3 is 2.38 bits per heavy atom. The highest BCUT2D eigenvalue weighted by molar-refractivity contribution is 8.18. The van der Waals surface area contributed by atoms with Crippen LogP contribution < -0.4 is 11.1 Å². The first kappa shape index (κ1) is 13.5. The van der Waals surface area contributed by atoms with E-state index in [1.165, 1.54) is 0 Å². The molecule has 1 saturated heterocycles. The van der Waals surface area contributed by atoms with Gasteiger partial charge in [-0.2, -0.15) is 0 Å². The highest BCUT2D eigenvalue weighted by Gasteiger charge is 2.24. The van der Waals surface area contributed by atoms with Crippen LogP contribution in [-0.4, -0.2) is 11.1 Å². The number of rotatable bonds is 2. The maximum absolute atomic E-state index is 11.5. The molecule has 0 atom stereocenters. The number of nitrogens with two attached hydrogens (primary N) is 1. The van der Waals surface area contributed by atoms with Crippen LogP contribution in [0.3, 0.4) is 0 Å². The van der Waals surface area contributed by atoms with Gasteiger partial charge in [0, 0.05) is 5.69 Å². The zero-order valence-electron chi connectivity index (χ0n) is 11.0. The Morgan fingerprint density at radius 1 is 1.00 bits per heavy atom. The van der Waals surface area contributed by atoms with E-state index in [-0.39, 0.29) is 11.1 Å². The largest absolute Gasteiger partial charge is 0.399 e. The zero-order valence-corrected chi connectivity index (χ0v) is 11.8. The molecule has 3 N–H and O–H groups in total. The quantitative estimate of drug-likeness (QED) is 0.659. The van der Waals surface area contributed by atoms with Gasteiger partial charge >= 0.3 is 0 Å². The molecule has 5 heteroatoms. The molecule has 3 rings (SSSR count). The van der Waals surface area contributed by atoms with Gasteiger partial charge in [-0.25, -0.2) is 0 Å². The van der Waals surface area contributed by atoms with E-state index in [1.54, 1.807) is 6.08 Å². The number of anilines is 1. The lowest BCUT2D eigenvalue weighted by atomic mass is 10.0. The van der Waals surface area contributed by atoms with Gasteiger partial charge in [0.25, 0.3) is 11.1 Å². The van der Waals surface area contributed by atoms with Gasteiger partial charge in [-0.1, -0.05) is 36.4 Å². The predicted octanol–water partition coefficient (Wildman–Crippen LogP) is 3.26. The van der Waals surface area contributed by atoms with E-state index < -0.39 is 0 Å². The van der Waals surface area contributed by atoms with E-state index in [0.717, 1.165) is 34.1 Å². The number of nitrogens with one attached hydrogen (secondary N) is 1. The minimum Gasteiger partial charge on any atom is -0.399 e. The molecule has 2 aromatic carbocycles. The van der Waals surface area contributed by atoms with E-state index >= 15 is 0 Å². The predicted molar refractivity (Wildman–Crippen MR) is 85.4 cm³/mol. The first-order chi connectivity index (χ1) is 10.1. The molecular weight excluding hydrogens is 284 g/mol. The standard InChI is InChI=1S/C16H12N2O2S/c17-13-3-1-2-12(9-13)11-6-4-10(5-7-11)8-14-15(19)18-16(20)21-14/h1-9H,17H2,(H,18,19,20)/b14-8+. The first-order valence-electron chi connectivity index (χ1n) is 6.33. The van der Waals surface area contributed by atoms with Crippen LogP contribution in [0.5, 0.6) is 0 Å². The number of carbonyl (C=O) groups excluding carboxylic acids is 2. The van der Waals surface area contributed by atoms with Crippen LogP contribution in [0.15, 0.2) is 53.4 Å². The van der Waals surface area contributed by atoms with Gasteiger partial charge in [0.05, 0.1) is 4.91 Å². The van der Waals surface area contributed by atoms with Crippen molar-refractivity contribution in [1.82, 2.24) is 5.32 Å². The highest BCUT2D eigenvalue weighted by Crippen LogP contribution is 2.27. The van der Waals surface area contributed by atoms with E-state index in [4.69, 9.17) is 5.73 Å². The number of benzene rings is 2. The number of amides is 2. The number of imide groups is 1.